The predicted molar refractivity (Wildman–Crippen MR) is 65.3 cm³/mol. The monoisotopic (exact) mass is 232 g/mol. The lowest BCUT2D eigenvalue weighted by molar-refractivity contribution is 0.447. The highest BCUT2D eigenvalue weighted by molar-refractivity contribution is 6.30. The lowest BCUT2D eigenvalue weighted by atomic mass is 9.93. The zero-order valence-electron chi connectivity index (χ0n) is 8.96. The van der Waals surface area contributed by atoms with Crippen molar-refractivity contribution in [2.75, 3.05) is 6.54 Å². The van der Waals surface area contributed by atoms with Gasteiger partial charge in [-0.1, -0.05) is 23.7 Å². The summed E-state index contributed by atoms with van der Waals surface area (Å²) in [4.78, 5) is 0. The van der Waals surface area contributed by atoms with E-state index in [1.165, 1.54) is 5.56 Å². The SMILES string of the molecule is C=CCNC1(C#N)CCc2cc(Cl)ccc21. The third kappa shape index (κ3) is 1.73. The Hall–Kier alpha value is -1.30. The molecule has 82 valence electrons. The Kier molecular flexibility index (Phi) is 3.00. The standard InChI is InChI=1S/C13H13ClN2/c1-2-7-16-13(9-15)6-5-10-8-11(14)3-4-12(10)13/h2-4,8,16H,1,5-7H2. The Balaban J connectivity index is 2.40. The molecule has 0 aromatic heterocycles. The van der Waals surface area contributed by atoms with Crippen LogP contribution in [-0.4, -0.2) is 6.54 Å². The van der Waals surface area contributed by atoms with Gasteiger partial charge in [-0.15, -0.1) is 6.58 Å². The second-order valence-corrected chi connectivity index (χ2v) is 4.42. The molecule has 0 aliphatic heterocycles. The summed E-state index contributed by atoms with van der Waals surface area (Å²) in [5, 5.41) is 13.4. The van der Waals surface area contributed by atoms with Crippen molar-refractivity contribution in [1.29, 1.82) is 5.26 Å². The molecule has 1 unspecified atom stereocenters. The van der Waals surface area contributed by atoms with Gasteiger partial charge in [-0.05, 0) is 36.1 Å². The van der Waals surface area contributed by atoms with Gasteiger partial charge in [-0.3, -0.25) is 5.32 Å². The Bertz CT molecular complexity index is 461. The number of halogens is 1. The summed E-state index contributed by atoms with van der Waals surface area (Å²) in [5.41, 5.74) is 1.67. The zero-order chi connectivity index (χ0) is 11.6. The largest absolute Gasteiger partial charge is 0.292 e. The van der Waals surface area contributed by atoms with Crippen LogP contribution in [0.2, 0.25) is 5.02 Å². The number of hydrogen-bond acceptors (Lipinski definition) is 2. The molecule has 1 aliphatic rings. The van der Waals surface area contributed by atoms with Crippen LogP contribution in [0.1, 0.15) is 17.5 Å². The molecule has 1 N–H and O–H groups in total. The maximum Gasteiger partial charge on any atom is 0.133 e. The van der Waals surface area contributed by atoms with Crippen LogP contribution in [0.4, 0.5) is 0 Å². The second kappa shape index (κ2) is 4.29. The highest BCUT2D eigenvalue weighted by Crippen LogP contribution is 2.37. The number of benzene rings is 1. The summed E-state index contributed by atoms with van der Waals surface area (Å²) >= 11 is 5.94. The zero-order valence-corrected chi connectivity index (χ0v) is 9.72. The molecular formula is C13H13ClN2. The van der Waals surface area contributed by atoms with Crippen LogP contribution < -0.4 is 5.32 Å². The fraction of sp³-hybridized carbons (Fsp3) is 0.308. The Morgan fingerprint density at radius 3 is 3.12 bits per heavy atom. The minimum atomic E-state index is -0.561. The van der Waals surface area contributed by atoms with Gasteiger partial charge in [0.15, 0.2) is 0 Å². The molecule has 1 aromatic carbocycles. The Morgan fingerprint density at radius 2 is 2.44 bits per heavy atom. The van der Waals surface area contributed by atoms with Crippen molar-refractivity contribution in [1.82, 2.24) is 5.32 Å². The molecule has 2 rings (SSSR count). The number of rotatable bonds is 3. The molecule has 0 saturated heterocycles. The molecule has 0 spiro atoms. The first-order chi connectivity index (χ1) is 7.72. The van der Waals surface area contributed by atoms with Gasteiger partial charge in [0.25, 0.3) is 0 Å². The van der Waals surface area contributed by atoms with Crippen LogP contribution >= 0.6 is 11.6 Å². The van der Waals surface area contributed by atoms with Crippen LogP contribution in [0.25, 0.3) is 0 Å². The molecule has 0 saturated carbocycles. The first-order valence-corrected chi connectivity index (χ1v) is 5.66. The van der Waals surface area contributed by atoms with Gasteiger partial charge in [0, 0.05) is 11.6 Å². The second-order valence-electron chi connectivity index (χ2n) is 3.99. The maximum atomic E-state index is 9.38. The van der Waals surface area contributed by atoms with Crippen molar-refractivity contribution < 1.29 is 0 Å². The minimum absolute atomic E-state index is 0.561. The van der Waals surface area contributed by atoms with Crippen LogP contribution in [0.3, 0.4) is 0 Å². The summed E-state index contributed by atoms with van der Waals surface area (Å²) in [6, 6.07) is 8.12. The van der Waals surface area contributed by atoms with E-state index in [0.717, 1.165) is 23.4 Å². The molecule has 1 aliphatic carbocycles. The van der Waals surface area contributed by atoms with E-state index >= 15 is 0 Å². The van der Waals surface area contributed by atoms with Crippen molar-refractivity contribution >= 4 is 11.6 Å². The number of nitrogens with zero attached hydrogens (tertiary/aromatic N) is 1. The van der Waals surface area contributed by atoms with Crippen LogP contribution in [-0.2, 0) is 12.0 Å². The average Bonchev–Trinajstić information content (AvgIpc) is 2.65. The van der Waals surface area contributed by atoms with E-state index < -0.39 is 5.54 Å². The molecule has 0 radical (unpaired) electrons. The van der Waals surface area contributed by atoms with E-state index in [1.54, 1.807) is 6.08 Å². The molecule has 0 fully saturated rings. The number of hydrogen-bond donors (Lipinski definition) is 1. The molecular weight excluding hydrogens is 220 g/mol. The molecule has 0 amide bonds. The Labute approximate surface area is 101 Å². The van der Waals surface area contributed by atoms with Crippen LogP contribution in [0, 0.1) is 11.3 Å². The number of aryl methyl sites for hydroxylation is 1. The van der Waals surface area contributed by atoms with Gasteiger partial charge in [0.05, 0.1) is 6.07 Å². The minimum Gasteiger partial charge on any atom is -0.292 e. The number of fused-ring (bicyclic) bond motifs is 1. The van der Waals surface area contributed by atoms with Gasteiger partial charge in [0.2, 0.25) is 0 Å². The summed E-state index contributed by atoms with van der Waals surface area (Å²) in [6.45, 7) is 4.30. The quantitative estimate of drug-likeness (QED) is 0.814. The summed E-state index contributed by atoms with van der Waals surface area (Å²) in [7, 11) is 0. The maximum absolute atomic E-state index is 9.38. The van der Waals surface area contributed by atoms with E-state index in [4.69, 9.17) is 11.6 Å². The van der Waals surface area contributed by atoms with Crippen molar-refractivity contribution in [3.8, 4) is 6.07 Å². The van der Waals surface area contributed by atoms with Crippen molar-refractivity contribution in [2.45, 2.75) is 18.4 Å². The van der Waals surface area contributed by atoms with E-state index in [0.29, 0.717) is 6.54 Å². The van der Waals surface area contributed by atoms with E-state index in [9.17, 15) is 5.26 Å². The summed E-state index contributed by atoms with van der Waals surface area (Å²) < 4.78 is 0. The fourth-order valence-corrected chi connectivity index (χ4v) is 2.42. The van der Waals surface area contributed by atoms with E-state index in [1.807, 2.05) is 18.2 Å². The molecule has 2 nitrogen and oxygen atoms in total. The molecule has 16 heavy (non-hydrogen) atoms. The van der Waals surface area contributed by atoms with Crippen molar-refractivity contribution in [2.24, 2.45) is 0 Å². The van der Waals surface area contributed by atoms with Gasteiger partial charge in [-0.2, -0.15) is 5.26 Å². The molecule has 1 aromatic rings. The molecule has 0 heterocycles. The van der Waals surface area contributed by atoms with Gasteiger partial charge < -0.3 is 0 Å². The number of nitrogens with one attached hydrogen (secondary N) is 1. The summed E-state index contributed by atoms with van der Waals surface area (Å²) in [5.74, 6) is 0. The van der Waals surface area contributed by atoms with Crippen molar-refractivity contribution in [3.05, 3.63) is 47.0 Å². The molecule has 0 bridgehead atoms. The van der Waals surface area contributed by atoms with Crippen LogP contribution in [0.5, 0.6) is 0 Å². The number of nitriles is 1. The third-order valence-electron chi connectivity index (χ3n) is 3.04. The van der Waals surface area contributed by atoms with Gasteiger partial charge in [-0.25, -0.2) is 0 Å². The van der Waals surface area contributed by atoms with E-state index in [-0.39, 0.29) is 0 Å². The van der Waals surface area contributed by atoms with Crippen molar-refractivity contribution in [3.63, 3.8) is 0 Å². The van der Waals surface area contributed by atoms with Crippen LogP contribution in [0.15, 0.2) is 30.9 Å². The lowest BCUT2D eigenvalue weighted by Gasteiger charge is -2.23. The lowest BCUT2D eigenvalue weighted by Crippen LogP contribution is -2.39. The first kappa shape index (κ1) is 11.2. The predicted octanol–water partition coefficient (Wildman–Crippen LogP) is 2.78. The topological polar surface area (TPSA) is 35.8 Å². The fourth-order valence-electron chi connectivity index (χ4n) is 2.23. The van der Waals surface area contributed by atoms with Gasteiger partial charge in [0.1, 0.15) is 5.54 Å². The highest BCUT2D eigenvalue weighted by Gasteiger charge is 2.38. The normalized spacial score (nSPS) is 22.5. The molecule has 1 atom stereocenters. The van der Waals surface area contributed by atoms with E-state index in [2.05, 4.69) is 18.0 Å². The summed E-state index contributed by atoms with van der Waals surface area (Å²) in [6.07, 6.45) is 3.47. The third-order valence-corrected chi connectivity index (χ3v) is 3.27. The van der Waals surface area contributed by atoms with Gasteiger partial charge >= 0.3 is 0 Å². The first-order valence-electron chi connectivity index (χ1n) is 5.28. The molecule has 3 heteroatoms. The smallest absolute Gasteiger partial charge is 0.133 e. The average molecular weight is 233 g/mol. The Morgan fingerprint density at radius 1 is 1.62 bits per heavy atom. The highest BCUT2D eigenvalue weighted by atomic mass is 35.5.